The standard InChI is InChI=1S/C21H20N2O6/c1-27-17-9-14-12(11-22-20(25)15(14)10-18(17)28-2)8-19(24)23-16-7-5-4-6-13(16)21(26)29-3/h4-10H,11H2,1-3H3,(H,22,25)(H,23,24)/b12-8+. The molecule has 1 aliphatic rings. The maximum atomic E-state index is 12.6. The number of anilines is 1. The van der Waals surface area contributed by atoms with Crippen LogP contribution < -0.4 is 20.1 Å². The normalized spacial score (nSPS) is 13.9. The molecule has 0 radical (unpaired) electrons. The van der Waals surface area contributed by atoms with E-state index in [4.69, 9.17) is 14.2 Å². The number of methoxy groups -OCH3 is 3. The molecule has 0 bridgehead atoms. The van der Waals surface area contributed by atoms with Crippen molar-refractivity contribution in [2.45, 2.75) is 0 Å². The summed E-state index contributed by atoms with van der Waals surface area (Å²) in [5, 5.41) is 5.41. The minimum absolute atomic E-state index is 0.174. The van der Waals surface area contributed by atoms with E-state index >= 15 is 0 Å². The summed E-state index contributed by atoms with van der Waals surface area (Å²) in [4.78, 5) is 36.7. The van der Waals surface area contributed by atoms with Gasteiger partial charge < -0.3 is 24.8 Å². The number of hydrogen-bond donors (Lipinski definition) is 2. The predicted molar refractivity (Wildman–Crippen MR) is 106 cm³/mol. The Morgan fingerprint density at radius 3 is 2.34 bits per heavy atom. The first-order valence-electron chi connectivity index (χ1n) is 8.72. The quantitative estimate of drug-likeness (QED) is 0.594. The highest BCUT2D eigenvalue weighted by molar-refractivity contribution is 6.11. The van der Waals surface area contributed by atoms with Gasteiger partial charge in [-0.2, -0.15) is 0 Å². The number of hydrogen-bond acceptors (Lipinski definition) is 6. The predicted octanol–water partition coefficient (Wildman–Crippen LogP) is 2.26. The van der Waals surface area contributed by atoms with Crippen LogP contribution in [-0.4, -0.2) is 45.7 Å². The number of nitrogens with one attached hydrogen (secondary N) is 2. The van der Waals surface area contributed by atoms with Gasteiger partial charge in [0, 0.05) is 12.6 Å². The second kappa shape index (κ2) is 8.47. The zero-order valence-corrected chi connectivity index (χ0v) is 16.2. The molecular weight excluding hydrogens is 376 g/mol. The molecule has 150 valence electrons. The Kier molecular flexibility index (Phi) is 5.82. The minimum Gasteiger partial charge on any atom is -0.493 e. The molecule has 0 unspecified atom stereocenters. The molecule has 0 atom stereocenters. The Morgan fingerprint density at radius 1 is 1.03 bits per heavy atom. The van der Waals surface area contributed by atoms with Crippen LogP contribution in [0.4, 0.5) is 5.69 Å². The first-order chi connectivity index (χ1) is 14.0. The highest BCUT2D eigenvalue weighted by Crippen LogP contribution is 2.35. The van der Waals surface area contributed by atoms with Crippen molar-refractivity contribution in [3.8, 4) is 11.5 Å². The van der Waals surface area contributed by atoms with E-state index in [1.54, 1.807) is 36.4 Å². The molecule has 2 aromatic carbocycles. The Hall–Kier alpha value is -3.81. The van der Waals surface area contributed by atoms with Gasteiger partial charge in [0.25, 0.3) is 5.91 Å². The Labute approximate surface area is 167 Å². The molecule has 0 aromatic heterocycles. The van der Waals surface area contributed by atoms with Crippen molar-refractivity contribution in [2.24, 2.45) is 0 Å². The third kappa shape index (κ3) is 4.06. The van der Waals surface area contributed by atoms with E-state index in [1.807, 2.05) is 0 Å². The van der Waals surface area contributed by atoms with Crippen molar-refractivity contribution >= 4 is 29.0 Å². The van der Waals surface area contributed by atoms with E-state index in [0.717, 1.165) is 0 Å². The maximum absolute atomic E-state index is 12.6. The average Bonchev–Trinajstić information content (AvgIpc) is 2.74. The number of rotatable bonds is 5. The Morgan fingerprint density at radius 2 is 1.69 bits per heavy atom. The molecule has 8 heteroatoms. The van der Waals surface area contributed by atoms with Crippen molar-refractivity contribution in [3.05, 3.63) is 59.2 Å². The number of esters is 1. The molecule has 8 nitrogen and oxygen atoms in total. The third-order valence-corrected chi connectivity index (χ3v) is 4.45. The van der Waals surface area contributed by atoms with Crippen molar-refractivity contribution in [3.63, 3.8) is 0 Å². The Bertz CT molecular complexity index is 1010. The summed E-state index contributed by atoms with van der Waals surface area (Å²) in [6, 6.07) is 9.76. The molecular formula is C21H20N2O6. The molecule has 3 rings (SSSR count). The lowest BCUT2D eigenvalue weighted by Crippen LogP contribution is -2.31. The SMILES string of the molecule is COC(=O)c1ccccc1NC(=O)/C=C1\CNC(=O)c2cc(OC)c(OC)cc21. The van der Waals surface area contributed by atoms with Crippen LogP contribution in [0.15, 0.2) is 42.5 Å². The number of benzene rings is 2. The van der Waals surface area contributed by atoms with Gasteiger partial charge in [-0.3, -0.25) is 9.59 Å². The number of carbonyl (C=O) groups is 3. The number of fused-ring (bicyclic) bond motifs is 1. The highest BCUT2D eigenvalue weighted by Gasteiger charge is 2.24. The molecule has 0 saturated heterocycles. The van der Waals surface area contributed by atoms with E-state index in [2.05, 4.69) is 10.6 Å². The van der Waals surface area contributed by atoms with Crippen LogP contribution in [-0.2, 0) is 9.53 Å². The zero-order chi connectivity index (χ0) is 21.0. The largest absolute Gasteiger partial charge is 0.493 e. The number of amides is 2. The lowest BCUT2D eigenvalue weighted by atomic mass is 9.94. The summed E-state index contributed by atoms with van der Waals surface area (Å²) in [5.74, 6) is -0.411. The van der Waals surface area contributed by atoms with Crippen LogP contribution in [0, 0.1) is 0 Å². The van der Waals surface area contributed by atoms with Crippen LogP contribution in [0.3, 0.4) is 0 Å². The molecule has 2 N–H and O–H groups in total. The summed E-state index contributed by atoms with van der Waals surface area (Å²) in [6.45, 7) is 0.174. The lowest BCUT2D eigenvalue weighted by Gasteiger charge is -2.21. The van der Waals surface area contributed by atoms with Crippen molar-refractivity contribution in [1.29, 1.82) is 0 Å². The van der Waals surface area contributed by atoms with Gasteiger partial charge >= 0.3 is 5.97 Å². The van der Waals surface area contributed by atoms with Crippen molar-refractivity contribution in [2.75, 3.05) is 33.2 Å². The number of carbonyl (C=O) groups excluding carboxylic acids is 3. The molecule has 0 aliphatic carbocycles. The van der Waals surface area contributed by atoms with Crippen molar-refractivity contribution in [1.82, 2.24) is 5.32 Å². The monoisotopic (exact) mass is 396 g/mol. The van der Waals surface area contributed by atoms with Gasteiger partial charge in [0.1, 0.15) is 0 Å². The first kappa shape index (κ1) is 19.9. The average molecular weight is 396 g/mol. The maximum Gasteiger partial charge on any atom is 0.339 e. The number of para-hydroxylation sites is 1. The van der Waals surface area contributed by atoms with Gasteiger partial charge in [-0.05, 0) is 35.4 Å². The lowest BCUT2D eigenvalue weighted by molar-refractivity contribution is -0.111. The molecule has 0 saturated carbocycles. The summed E-state index contributed by atoms with van der Waals surface area (Å²) >= 11 is 0. The van der Waals surface area contributed by atoms with Gasteiger partial charge in [-0.1, -0.05) is 12.1 Å². The molecule has 2 amide bonds. The first-order valence-corrected chi connectivity index (χ1v) is 8.72. The molecule has 0 fully saturated rings. The molecule has 1 heterocycles. The van der Waals surface area contributed by atoms with Gasteiger partial charge in [0.2, 0.25) is 5.91 Å². The zero-order valence-electron chi connectivity index (χ0n) is 16.2. The Balaban J connectivity index is 1.95. The summed E-state index contributed by atoms with van der Waals surface area (Å²) in [7, 11) is 4.24. The molecule has 1 aliphatic heterocycles. The van der Waals surface area contributed by atoms with Gasteiger partial charge in [-0.25, -0.2) is 4.79 Å². The van der Waals surface area contributed by atoms with Gasteiger partial charge in [0.15, 0.2) is 11.5 Å². The van der Waals surface area contributed by atoms with E-state index in [9.17, 15) is 14.4 Å². The van der Waals surface area contributed by atoms with Crippen LogP contribution in [0.1, 0.15) is 26.3 Å². The van der Waals surface area contributed by atoms with Crippen LogP contribution in [0.5, 0.6) is 11.5 Å². The third-order valence-electron chi connectivity index (χ3n) is 4.45. The van der Waals surface area contributed by atoms with Crippen LogP contribution in [0.2, 0.25) is 0 Å². The fourth-order valence-electron chi connectivity index (χ4n) is 3.03. The van der Waals surface area contributed by atoms with Crippen molar-refractivity contribution < 1.29 is 28.6 Å². The van der Waals surface area contributed by atoms with E-state index in [1.165, 1.54) is 27.4 Å². The summed E-state index contributed by atoms with van der Waals surface area (Å²) < 4.78 is 15.3. The second-order valence-electron chi connectivity index (χ2n) is 6.13. The molecule has 0 spiro atoms. The second-order valence-corrected chi connectivity index (χ2v) is 6.13. The molecule has 2 aromatic rings. The topological polar surface area (TPSA) is 103 Å². The van der Waals surface area contributed by atoms with Crippen LogP contribution >= 0.6 is 0 Å². The van der Waals surface area contributed by atoms with Crippen LogP contribution in [0.25, 0.3) is 5.57 Å². The fraction of sp³-hybridized carbons (Fsp3) is 0.190. The van der Waals surface area contributed by atoms with E-state index < -0.39 is 11.9 Å². The smallest absolute Gasteiger partial charge is 0.339 e. The fourth-order valence-corrected chi connectivity index (χ4v) is 3.03. The van der Waals surface area contributed by atoms with Gasteiger partial charge in [0.05, 0.1) is 38.1 Å². The number of ether oxygens (including phenoxy) is 3. The summed E-state index contributed by atoms with van der Waals surface area (Å²) in [6.07, 6.45) is 1.37. The van der Waals surface area contributed by atoms with E-state index in [0.29, 0.717) is 33.9 Å². The molecule has 29 heavy (non-hydrogen) atoms. The minimum atomic E-state index is -0.555. The highest BCUT2D eigenvalue weighted by atomic mass is 16.5. The van der Waals surface area contributed by atoms with E-state index in [-0.39, 0.29) is 18.0 Å². The summed E-state index contributed by atoms with van der Waals surface area (Å²) in [5.41, 5.74) is 2.11. The van der Waals surface area contributed by atoms with Gasteiger partial charge in [-0.15, -0.1) is 0 Å².